The van der Waals surface area contributed by atoms with Gasteiger partial charge in [-0.2, -0.15) is 0 Å². The quantitative estimate of drug-likeness (QED) is 0.609. The first-order valence-electron chi connectivity index (χ1n) is 10.3. The average molecular weight is 477 g/mol. The first-order valence-corrected chi connectivity index (χ1v) is 12.4. The largest absolute Gasteiger partial charge is 0.378 e. The molecule has 2 N–H and O–H groups in total. The summed E-state index contributed by atoms with van der Waals surface area (Å²) in [6.45, 7) is 2.21. The number of sulfone groups is 1. The van der Waals surface area contributed by atoms with Crippen LogP contribution in [-0.2, 0) is 25.1 Å². The molecule has 11 nitrogen and oxygen atoms in total. The molecule has 0 radical (unpaired) electrons. The lowest BCUT2D eigenvalue weighted by Crippen LogP contribution is -2.43. The summed E-state index contributed by atoms with van der Waals surface area (Å²) in [7, 11) is -0.108. The van der Waals surface area contributed by atoms with Crippen molar-refractivity contribution in [1.29, 1.82) is 0 Å². The third-order valence-electron chi connectivity index (χ3n) is 5.01. The number of carbonyl (C=O) groups is 2. The molecule has 12 heteroatoms. The molecule has 1 fully saturated rings. The normalized spacial score (nSPS) is 14.1. The second kappa shape index (κ2) is 10.1. The lowest BCUT2D eigenvalue weighted by molar-refractivity contribution is -0.127. The Hall–Kier alpha value is -3.25. The second-order valence-electron chi connectivity index (χ2n) is 7.97. The summed E-state index contributed by atoms with van der Waals surface area (Å²) in [4.78, 5) is 37.6. The highest BCUT2D eigenvalue weighted by atomic mass is 32.2. The van der Waals surface area contributed by atoms with Crippen molar-refractivity contribution in [3.8, 4) is 11.4 Å². The van der Waals surface area contributed by atoms with Gasteiger partial charge in [0.25, 0.3) is 0 Å². The number of benzene rings is 1. The predicted octanol–water partition coefficient (Wildman–Crippen LogP) is 0.498. The van der Waals surface area contributed by atoms with Gasteiger partial charge in [0, 0.05) is 50.8 Å². The van der Waals surface area contributed by atoms with Crippen LogP contribution in [0.4, 0.5) is 16.3 Å². The standard InChI is InChI=1S/C21H28N6O5S/c1-25(2)19(28)13-27(21(22)29)17-6-4-15(5-7-17)20-23-16(14-33(3,30)31)12-18(24-20)26-8-10-32-11-9-26/h4-7,12H,8-11,13-14H2,1-3H3,(H2,22,29). The number of aromatic nitrogens is 2. The predicted molar refractivity (Wildman–Crippen MR) is 125 cm³/mol. The molecule has 0 saturated carbocycles. The molecule has 2 aromatic rings. The zero-order valence-electron chi connectivity index (χ0n) is 18.9. The topological polar surface area (TPSA) is 139 Å². The average Bonchev–Trinajstić information content (AvgIpc) is 2.76. The summed E-state index contributed by atoms with van der Waals surface area (Å²) in [6, 6.07) is 7.63. The van der Waals surface area contributed by atoms with Crippen LogP contribution < -0.4 is 15.5 Å². The number of nitrogens with zero attached hydrogens (tertiary/aromatic N) is 5. The number of hydrogen-bond acceptors (Lipinski definition) is 8. The Labute approximate surface area is 193 Å². The van der Waals surface area contributed by atoms with Gasteiger partial charge in [-0.15, -0.1) is 0 Å². The van der Waals surface area contributed by atoms with Crippen LogP contribution in [0.15, 0.2) is 30.3 Å². The number of carbonyl (C=O) groups excluding carboxylic acids is 2. The van der Waals surface area contributed by atoms with Crippen molar-refractivity contribution in [3.63, 3.8) is 0 Å². The number of morpholine rings is 1. The van der Waals surface area contributed by atoms with E-state index in [2.05, 4.69) is 9.97 Å². The van der Waals surface area contributed by atoms with E-state index in [-0.39, 0.29) is 18.2 Å². The highest BCUT2D eigenvalue weighted by Gasteiger charge is 2.20. The van der Waals surface area contributed by atoms with Crippen LogP contribution in [0, 0.1) is 0 Å². The summed E-state index contributed by atoms with van der Waals surface area (Å²) in [5, 5.41) is 0. The molecule has 0 unspecified atom stereocenters. The van der Waals surface area contributed by atoms with E-state index in [9.17, 15) is 18.0 Å². The van der Waals surface area contributed by atoms with E-state index in [0.717, 1.165) is 6.26 Å². The Morgan fingerprint density at radius 1 is 1.12 bits per heavy atom. The number of ether oxygens (including phenoxy) is 1. The molecule has 3 amide bonds. The molecule has 1 saturated heterocycles. The Morgan fingerprint density at radius 3 is 2.30 bits per heavy atom. The maximum absolute atomic E-state index is 12.1. The van der Waals surface area contributed by atoms with E-state index >= 15 is 0 Å². The molecule has 0 bridgehead atoms. The summed E-state index contributed by atoms with van der Waals surface area (Å²) < 4.78 is 29.2. The van der Waals surface area contributed by atoms with Gasteiger partial charge in [0.1, 0.15) is 12.4 Å². The van der Waals surface area contributed by atoms with E-state index in [1.54, 1.807) is 44.4 Å². The molecule has 1 aromatic carbocycles. The highest BCUT2D eigenvalue weighted by Crippen LogP contribution is 2.25. The van der Waals surface area contributed by atoms with Crippen molar-refractivity contribution in [2.45, 2.75) is 5.75 Å². The third kappa shape index (κ3) is 6.62. The minimum atomic E-state index is -3.30. The van der Waals surface area contributed by atoms with Gasteiger partial charge in [0.2, 0.25) is 5.91 Å². The smallest absolute Gasteiger partial charge is 0.319 e. The second-order valence-corrected chi connectivity index (χ2v) is 10.1. The Balaban J connectivity index is 1.94. The van der Waals surface area contributed by atoms with E-state index < -0.39 is 15.9 Å². The maximum Gasteiger partial charge on any atom is 0.319 e. The van der Waals surface area contributed by atoms with Crippen molar-refractivity contribution in [2.75, 3.05) is 63.0 Å². The number of amides is 3. The first kappa shape index (κ1) is 24.4. The van der Waals surface area contributed by atoms with Crippen LogP contribution in [0.3, 0.4) is 0 Å². The van der Waals surface area contributed by atoms with Crippen molar-refractivity contribution >= 4 is 33.3 Å². The monoisotopic (exact) mass is 476 g/mol. The van der Waals surface area contributed by atoms with Crippen molar-refractivity contribution in [1.82, 2.24) is 14.9 Å². The van der Waals surface area contributed by atoms with Crippen LogP contribution in [0.5, 0.6) is 0 Å². The Kier molecular flexibility index (Phi) is 7.49. The van der Waals surface area contributed by atoms with E-state index in [1.165, 1.54) is 9.80 Å². The van der Waals surface area contributed by atoms with Gasteiger partial charge < -0.3 is 20.3 Å². The SMILES string of the molecule is CN(C)C(=O)CN(C(N)=O)c1ccc(-c2nc(CS(C)(=O)=O)cc(N3CCOCC3)n2)cc1. The minimum absolute atomic E-state index is 0.191. The summed E-state index contributed by atoms with van der Waals surface area (Å²) in [5.41, 5.74) is 6.94. The molecule has 1 aromatic heterocycles. The lowest BCUT2D eigenvalue weighted by atomic mass is 10.1. The lowest BCUT2D eigenvalue weighted by Gasteiger charge is -2.28. The van der Waals surface area contributed by atoms with E-state index in [0.29, 0.717) is 54.9 Å². The fourth-order valence-corrected chi connectivity index (χ4v) is 3.96. The van der Waals surface area contributed by atoms with E-state index in [4.69, 9.17) is 10.5 Å². The molecule has 1 aliphatic rings. The third-order valence-corrected chi connectivity index (χ3v) is 5.83. The van der Waals surface area contributed by atoms with Crippen LogP contribution >= 0.6 is 0 Å². The zero-order chi connectivity index (χ0) is 24.2. The van der Waals surface area contributed by atoms with Crippen molar-refractivity contribution in [2.24, 2.45) is 5.73 Å². The van der Waals surface area contributed by atoms with Crippen molar-refractivity contribution in [3.05, 3.63) is 36.0 Å². The van der Waals surface area contributed by atoms with Gasteiger partial charge in [-0.1, -0.05) is 0 Å². The van der Waals surface area contributed by atoms with Gasteiger partial charge in [-0.25, -0.2) is 23.2 Å². The maximum atomic E-state index is 12.1. The molecular formula is C21H28N6O5S. The molecule has 3 rings (SSSR count). The number of likely N-dealkylation sites (N-methyl/N-ethyl adjacent to an activating group) is 1. The van der Waals surface area contributed by atoms with Crippen LogP contribution in [0.1, 0.15) is 5.69 Å². The zero-order valence-corrected chi connectivity index (χ0v) is 19.7. The molecular weight excluding hydrogens is 448 g/mol. The molecule has 0 aliphatic carbocycles. The Morgan fingerprint density at radius 2 is 1.76 bits per heavy atom. The molecule has 2 heterocycles. The summed E-state index contributed by atoms with van der Waals surface area (Å²) in [5.74, 6) is 0.505. The number of anilines is 2. The number of urea groups is 1. The van der Waals surface area contributed by atoms with Gasteiger partial charge >= 0.3 is 6.03 Å². The van der Waals surface area contributed by atoms with Gasteiger partial charge in [0.15, 0.2) is 15.7 Å². The first-order chi connectivity index (χ1) is 15.5. The van der Waals surface area contributed by atoms with Gasteiger partial charge in [-0.05, 0) is 24.3 Å². The molecule has 0 atom stereocenters. The van der Waals surface area contributed by atoms with Crippen LogP contribution in [-0.4, -0.2) is 88.4 Å². The highest BCUT2D eigenvalue weighted by molar-refractivity contribution is 7.89. The molecule has 0 spiro atoms. The summed E-state index contributed by atoms with van der Waals surface area (Å²) in [6.07, 6.45) is 1.16. The summed E-state index contributed by atoms with van der Waals surface area (Å²) >= 11 is 0. The molecule has 178 valence electrons. The van der Waals surface area contributed by atoms with E-state index in [1.807, 2.05) is 4.90 Å². The van der Waals surface area contributed by atoms with Crippen LogP contribution in [0.25, 0.3) is 11.4 Å². The fraction of sp³-hybridized carbons (Fsp3) is 0.429. The van der Waals surface area contributed by atoms with Crippen LogP contribution in [0.2, 0.25) is 0 Å². The number of rotatable bonds is 7. The van der Waals surface area contributed by atoms with Crippen molar-refractivity contribution < 1.29 is 22.7 Å². The minimum Gasteiger partial charge on any atom is -0.378 e. The number of nitrogens with two attached hydrogens (primary N) is 1. The fourth-order valence-electron chi connectivity index (χ4n) is 3.27. The number of hydrogen-bond donors (Lipinski definition) is 1. The Bertz CT molecular complexity index is 1110. The van der Waals surface area contributed by atoms with Gasteiger partial charge in [-0.3, -0.25) is 9.69 Å². The number of primary amides is 1. The van der Waals surface area contributed by atoms with Gasteiger partial charge in [0.05, 0.1) is 24.7 Å². The molecule has 33 heavy (non-hydrogen) atoms. The molecule has 1 aliphatic heterocycles.